The second-order valence-electron chi connectivity index (χ2n) is 5.41. The Kier molecular flexibility index (Phi) is 6.25. The van der Waals surface area contributed by atoms with Gasteiger partial charge in [0.05, 0.1) is 10.5 Å². The van der Waals surface area contributed by atoms with E-state index in [1.807, 2.05) is 30.3 Å². The Labute approximate surface area is 141 Å². The van der Waals surface area contributed by atoms with Gasteiger partial charge in [-0.3, -0.25) is 14.9 Å². The van der Waals surface area contributed by atoms with Gasteiger partial charge >= 0.3 is 0 Å². The first-order valence-electron chi connectivity index (χ1n) is 7.86. The molecular weight excluding hydrogens is 304 g/mol. The lowest BCUT2D eigenvalue weighted by molar-refractivity contribution is -0.385. The lowest BCUT2D eigenvalue weighted by Gasteiger charge is -2.15. The minimum absolute atomic E-state index is 0.0164. The van der Waals surface area contributed by atoms with Crippen molar-refractivity contribution in [1.82, 2.24) is 5.32 Å². The summed E-state index contributed by atoms with van der Waals surface area (Å²) in [5, 5.41) is 13.8. The second kappa shape index (κ2) is 8.62. The summed E-state index contributed by atoms with van der Waals surface area (Å²) < 4.78 is 0. The van der Waals surface area contributed by atoms with Crippen molar-refractivity contribution in [2.24, 2.45) is 0 Å². The van der Waals surface area contributed by atoms with Crippen LogP contribution < -0.4 is 5.32 Å². The number of nitro groups is 1. The molecule has 2 rings (SSSR count). The summed E-state index contributed by atoms with van der Waals surface area (Å²) in [5.74, 6) is -0.0165. The highest BCUT2D eigenvalue weighted by Gasteiger charge is 2.11. The molecule has 2 aromatic carbocycles. The van der Waals surface area contributed by atoms with E-state index in [9.17, 15) is 14.9 Å². The van der Waals surface area contributed by atoms with Crippen LogP contribution in [0.5, 0.6) is 0 Å². The molecule has 1 atom stereocenters. The highest BCUT2D eigenvalue weighted by atomic mass is 16.6. The van der Waals surface area contributed by atoms with Gasteiger partial charge in [-0.05, 0) is 24.1 Å². The molecule has 0 saturated carbocycles. The third-order valence-corrected chi connectivity index (χ3v) is 3.83. The van der Waals surface area contributed by atoms with Gasteiger partial charge in [0.25, 0.3) is 5.69 Å². The van der Waals surface area contributed by atoms with Crippen LogP contribution in [0.15, 0.2) is 60.7 Å². The summed E-state index contributed by atoms with van der Waals surface area (Å²) in [5.41, 5.74) is 1.58. The molecule has 0 fully saturated rings. The fourth-order valence-corrected chi connectivity index (χ4v) is 2.47. The van der Waals surface area contributed by atoms with E-state index in [1.54, 1.807) is 18.2 Å². The third kappa shape index (κ3) is 4.78. The molecule has 5 nitrogen and oxygen atoms in total. The fourth-order valence-electron chi connectivity index (χ4n) is 2.47. The van der Waals surface area contributed by atoms with E-state index in [1.165, 1.54) is 23.8 Å². The predicted octanol–water partition coefficient (Wildman–Crippen LogP) is 3.92. The number of nitrogens with one attached hydrogen (secondary N) is 1. The quantitative estimate of drug-likeness (QED) is 0.476. The molecule has 0 spiro atoms. The monoisotopic (exact) mass is 324 g/mol. The van der Waals surface area contributed by atoms with E-state index in [0.29, 0.717) is 12.1 Å². The van der Waals surface area contributed by atoms with Crippen LogP contribution in [0.25, 0.3) is 6.08 Å². The van der Waals surface area contributed by atoms with Gasteiger partial charge in [0, 0.05) is 24.6 Å². The molecule has 2 aromatic rings. The average molecular weight is 324 g/mol. The summed E-state index contributed by atoms with van der Waals surface area (Å²) in [6.07, 6.45) is 3.72. The molecular formula is C19H20N2O3. The zero-order chi connectivity index (χ0) is 17.4. The van der Waals surface area contributed by atoms with E-state index in [-0.39, 0.29) is 17.5 Å². The van der Waals surface area contributed by atoms with Gasteiger partial charge in [0.15, 0.2) is 0 Å². The molecule has 0 bridgehead atoms. The molecule has 24 heavy (non-hydrogen) atoms. The Morgan fingerprint density at radius 1 is 1.17 bits per heavy atom. The van der Waals surface area contributed by atoms with Gasteiger partial charge in [-0.1, -0.05) is 49.4 Å². The first-order chi connectivity index (χ1) is 11.6. The van der Waals surface area contributed by atoms with Crippen LogP contribution in [0.1, 0.15) is 30.4 Å². The summed E-state index contributed by atoms with van der Waals surface area (Å²) in [7, 11) is 0. The van der Waals surface area contributed by atoms with Crippen LogP contribution in [0, 0.1) is 10.1 Å². The van der Waals surface area contributed by atoms with Crippen molar-refractivity contribution < 1.29 is 9.72 Å². The molecule has 0 heterocycles. The highest BCUT2D eigenvalue weighted by molar-refractivity contribution is 5.92. The van der Waals surface area contributed by atoms with Crippen LogP contribution in [-0.2, 0) is 4.79 Å². The van der Waals surface area contributed by atoms with Crippen LogP contribution in [0.4, 0.5) is 5.69 Å². The van der Waals surface area contributed by atoms with Crippen molar-refractivity contribution in [1.29, 1.82) is 0 Å². The standard InChI is InChI=1S/C19H20N2O3/c1-2-15(16-8-4-3-5-9-16)14-20-19(22)13-12-17-10-6-7-11-18(17)21(23)24/h3-13,15H,2,14H2,1H3,(H,20,22)/b13-12+. The van der Waals surface area contributed by atoms with Gasteiger partial charge in [-0.25, -0.2) is 0 Å². The van der Waals surface area contributed by atoms with Gasteiger partial charge in [0.2, 0.25) is 5.91 Å². The number of nitro benzene ring substituents is 1. The number of rotatable bonds is 7. The van der Waals surface area contributed by atoms with Crippen molar-refractivity contribution in [2.75, 3.05) is 6.54 Å². The second-order valence-corrected chi connectivity index (χ2v) is 5.41. The minimum Gasteiger partial charge on any atom is -0.352 e. The average Bonchev–Trinajstić information content (AvgIpc) is 2.61. The Morgan fingerprint density at radius 2 is 1.83 bits per heavy atom. The number of carbonyl (C=O) groups excluding carboxylic acids is 1. The zero-order valence-corrected chi connectivity index (χ0v) is 13.5. The number of hydrogen-bond acceptors (Lipinski definition) is 3. The van der Waals surface area contributed by atoms with Crippen LogP contribution in [0.3, 0.4) is 0 Å². The van der Waals surface area contributed by atoms with Gasteiger partial charge in [-0.15, -0.1) is 0 Å². The zero-order valence-electron chi connectivity index (χ0n) is 13.5. The lowest BCUT2D eigenvalue weighted by Crippen LogP contribution is -2.26. The Morgan fingerprint density at radius 3 is 2.50 bits per heavy atom. The summed E-state index contributed by atoms with van der Waals surface area (Å²) in [6.45, 7) is 2.60. The molecule has 1 N–H and O–H groups in total. The Hall–Kier alpha value is -2.95. The number of nitrogens with zero attached hydrogens (tertiary/aromatic N) is 1. The normalized spacial score (nSPS) is 12.0. The molecule has 124 valence electrons. The maximum Gasteiger partial charge on any atom is 0.276 e. The maximum absolute atomic E-state index is 12.0. The topological polar surface area (TPSA) is 72.2 Å². The first-order valence-corrected chi connectivity index (χ1v) is 7.86. The summed E-state index contributed by atoms with van der Waals surface area (Å²) >= 11 is 0. The number of benzene rings is 2. The SMILES string of the molecule is CCC(CNC(=O)/C=C/c1ccccc1[N+](=O)[O-])c1ccccc1. The van der Waals surface area contributed by atoms with Crippen molar-refractivity contribution in [3.63, 3.8) is 0 Å². The summed E-state index contributed by atoms with van der Waals surface area (Å²) in [4.78, 5) is 22.5. The number of carbonyl (C=O) groups is 1. The number of para-hydroxylation sites is 1. The largest absolute Gasteiger partial charge is 0.352 e. The molecule has 0 aliphatic heterocycles. The maximum atomic E-state index is 12.0. The van der Waals surface area contributed by atoms with Crippen LogP contribution in [0.2, 0.25) is 0 Å². The Bertz CT molecular complexity index is 726. The molecule has 0 saturated heterocycles. The van der Waals surface area contributed by atoms with Crippen LogP contribution in [-0.4, -0.2) is 17.4 Å². The molecule has 0 aromatic heterocycles. The number of amides is 1. The molecule has 0 aliphatic carbocycles. The van der Waals surface area contributed by atoms with E-state index < -0.39 is 4.92 Å². The predicted molar refractivity (Wildman–Crippen MR) is 94.6 cm³/mol. The van der Waals surface area contributed by atoms with E-state index >= 15 is 0 Å². The number of hydrogen-bond donors (Lipinski definition) is 1. The van der Waals surface area contributed by atoms with Crippen LogP contribution >= 0.6 is 0 Å². The van der Waals surface area contributed by atoms with Gasteiger partial charge in [0.1, 0.15) is 0 Å². The first kappa shape index (κ1) is 17.4. The van der Waals surface area contributed by atoms with E-state index in [2.05, 4.69) is 12.2 Å². The van der Waals surface area contributed by atoms with Crippen molar-refractivity contribution in [3.8, 4) is 0 Å². The van der Waals surface area contributed by atoms with Crippen molar-refractivity contribution in [2.45, 2.75) is 19.3 Å². The molecule has 5 heteroatoms. The fraction of sp³-hybridized carbons (Fsp3) is 0.211. The molecule has 0 radical (unpaired) electrons. The molecule has 1 amide bonds. The summed E-state index contributed by atoms with van der Waals surface area (Å²) in [6, 6.07) is 16.3. The highest BCUT2D eigenvalue weighted by Crippen LogP contribution is 2.19. The van der Waals surface area contributed by atoms with Gasteiger partial charge in [-0.2, -0.15) is 0 Å². The van der Waals surface area contributed by atoms with E-state index in [4.69, 9.17) is 0 Å². The molecule has 1 unspecified atom stereocenters. The third-order valence-electron chi connectivity index (χ3n) is 3.83. The Balaban J connectivity index is 1.97. The smallest absolute Gasteiger partial charge is 0.276 e. The van der Waals surface area contributed by atoms with Gasteiger partial charge < -0.3 is 5.32 Å². The van der Waals surface area contributed by atoms with Crippen molar-refractivity contribution >= 4 is 17.7 Å². The van der Waals surface area contributed by atoms with Crippen molar-refractivity contribution in [3.05, 3.63) is 81.9 Å². The van der Waals surface area contributed by atoms with E-state index in [0.717, 1.165) is 6.42 Å². The minimum atomic E-state index is -0.458. The molecule has 0 aliphatic rings. The lowest BCUT2D eigenvalue weighted by atomic mass is 9.96.